The highest BCUT2D eigenvalue weighted by Crippen LogP contribution is 2.11. The Balaban J connectivity index is 0.00000121. The fraction of sp³-hybridized carbons (Fsp3) is 0.778. The normalized spacial score (nSPS) is 18.3. The van der Waals surface area contributed by atoms with Gasteiger partial charge in [-0.15, -0.1) is 19.0 Å². The zero-order chi connectivity index (χ0) is 7.94. The summed E-state index contributed by atoms with van der Waals surface area (Å²) < 4.78 is 5.38. The number of hydrogen-bond donors (Lipinski definition) is 1. The Morgan fingerprint density at radius 3 is 2.67 bits per heavy atom. The number of rotatable bonds is 4. The van der Waals surface area contributed by atoms with Gasteiger partial charge in [0.1, 0.15) is 0 Å². The van der Waals surface area contributed by atoms with Crippen LogP contribution in [0, 0.1) is 5.92 Å². The van der Waals surface area contributed by atoms with Gasteiger partial charge < -0.3 is 10.1 Å². The highest BCUT2D eigenvalue weighted by molar-refractivity contribution is 5.85. The lowest BCUT2D eigenvalue weighted by Gasteiger charge is -2.21. The Hall–Kier alpha value is -0.0500. The Bertz CT molecular complexity index is 113. The highest BCUT2D eigenvalue weighted by Gasteiger charge is 2.11. The lowest BCUT2D eigenvalue weighted by atomic mass is 9.99. The molecular weight excluding hydrogens is 174 g/mol. The van der Waals surface area contributed by atoms with E-state index in [1.54, 1.807) is 6.08 Å². The van der Waals surface area contributed by atoms with Gasteiger partial charge in [-0.05, 0) is 31.8 Å². The van der Waals surface area contributed by atoms with Crippen molar-refractivity contribution in [3.05, 3.63) is 12.7 Å². The Morgan fingerprint density at radius 1 is 1.42 bits per heavy atom. The molecule has 0 aromatic rings. The van der Waals surface area contributed by atoms with Crippen molar-refractivity contribution in [2.45, 2.75) is 12.8 Å². The summed E-state index contributed by atoms with van der Waals surface area (Å²) in [5.74, 6) is 0.774. The van der Waals surface area contributed by atoms with Crippen molar-refractivity contribution in [3.8, 4) is 0 Å². The Kier molecular flexibility index (Phi) is 7.56. The van der Waals surface area contributed by atoms with E-state index in [1.165, 1.54) is 12.8 Å². The molecule has 0 bridgehead atoms. The molecule has 2 nitrogen and oxygen atoms in total. The molecule has 0 unspecified atom stereocenters. The van der Waals surface area contributed by atoms with Gasteiger partial charge in [0.15, 0.2) is 0 Å². The maximum absolute atomic E-state index is 5.38. The molecule has 0 radical (unpaired) electrons. The molecule has 1 N–H and O–H groups in total. The monoisotopic (exact) mass is 191 g/mol. The van der Waals surface area contributed by atoms with Crippen molar-refractivity contribution in [2.24, 2.45) is 5.92 Å². The minimum Gasteiger partial charge on any atom is -0.377 e. The molecule has 0 saturated carbocycles. The van der Waals surface area contributed by atoms with Crippen LogP contribution in [0.5, 0.6) is 0 Å². The van der Waals surface area contributed by atoms with Gasteiger partial charge in [-0.3, -0.25) is 0 Å². The summed E-state index contributed by atoms with van der Waals surface area (Å²) in [6.45, 7) is 7.52. The first-order valence-corrected chi connectivity index (χ1v) is 4.33. The number of hydrogen-bond acceptors (Lipinski definition) is 2. The van der Waals surface area contributed by atoms with Crippen LogP contribution in [0.15, 0.2) is 12.7 Å². The molecule has 72 valence electrons. The summed E-state index contributed by atoms with van der Waals surface area (Å²) in [5.41, 5.74) is 0. The molecule has 1 saturated heterocycles. The van der Waals surface area contributed by atoms with Gasteiger partial charge in [0.05, 0.1) is 6.61 Å². The smallest absolute Gasteiger partial charge is 0.0644 e. The maximum Gasteiger partial charge on any atom is 0.0644 e. The van der Waals surface area contributed by atoms with Crippen LogP contribution >= 0.6 is 12.4 Å². The van der Waals surface area contributed by atoms with E-state index >= 15 is 0 Å². The number of halogens is 1. The van der Waals surface area contributed by atoms with Crippen LogP contribution < -0.4 is 5.32 Å². The number of ether oxygens (including phenoxy) is 1. The Labute approximate surface area is 80.8 Å². The lowest BCUT2D eigenvalue weighted by Crippen LogP contribution is -2.29. The summed E-state index contributed by atoms with van der Waals surface area (Å²) in [6, 6.07) is 0. The first-order valence-electron chi connectivity index (χ1n) is 4.33. The van der Waals surface area contributed by atoms with Crippen LogP contribution in [-0.2, 0) is 4.74 Å². The summed E-state index contributed by atoms with van der Waals surface area (Å²) in [7, 11) is 0. The molecule has 1 aliphatic rings. The van der Waals surface area contributed by atoms with E-state index in [0.717, 1.165) is 25.6 Å². The fourth-order valence-corrected chi connectivity index (χ4v) is 1.37. The summed E-state index contributed by atoms with van der Waals surface area (Å²) >= 11 is 0. The van der Waals surface area contributed by atoms with E-state index in [4.69, 9.17) is 4.74 Å². The minimum atomic E-state index is 0. The van der Waals surface area contributed by atoms with E-state index in [0.29, 0.717) is 6.61 Å². The van der Waals surface area contributed by atoms with Crippen LogP contribution in [0.3, 0.4) is 0 Å². The molecule has 0 aliphatic carbocycles. The highest BCUT2D eigenvalue weighted by atomic mass is 35.5. The van der Waals surface area contributed by atoms with E-state index < -0.39 is 0 Å². The molecule has 1 fully saturated rings. The van der Waals surface area contributed by atoms with Crippen molar-refractivity contribution < 1.29 is 4.74 Å². The van der Waals surface area contributed by atoms with Crippen LogP contribution in [0.4, 0.5) is 0 Å². The van der Waals surface area contributed by atoms with Crippen molar-refractivity contribution in [2.75, 3.05) is 26.3 Å². The quantitative estimate of drug-likeness (QED) is 0.539. The van der Waals surface area contributed by atoms with Gasteiger partial charge >= 0.3 is 0 Å². The van der Waals surface area contributed by atoms with Crippen LogP contribution in [0.1, 0.15) is 12.8 Å². The molecule has 0 amide bonds. The average Bonchev–Trinajstić information content (AvgIpc) is 2.07. The number of nitrogens with one attached hydrogen (secondary N) is 1. The zero-order valence-corrected chi connectivity index (χ0v) is 8.24. The van der Waals surface area contributed by atoms with Gasteiger partial charge in [-0.2, -0.15) is 0 Å². The molecule has 3 heteroatoms. The van der Waals surface area contributed by atoms with Gasteiger partial charge in [-0.25, -0.2) is 0 Å². The molecule has 0 aromatic carbocycles. The topological polar surface area (TPSA) is 21.3 Å². The third-order valence-corrected chi connectivity index (χ3v) is 2.05. The van der Waals surface area contributed by atoms with E-state index in [-0.39, 0.29) is 12.4 Å². The second kappa shape index (κ2) is 7.59. The number of piperidine rings is 1. The third kappa shape index (κ3) is 4.75. The maximum atomic E-state index is 5.38. The van der Waals surface area contributed by atoms with Gasteiger partial charge in [0, 0.05) is 6.61 Å². The minimum absolute atomic E-state index is 0. The summed E-state index contributed by atoms with van der Waals surface area (Å²) in [5, 5.41) is 3.33. The van der Waals surface area contributed by atoms with Crippen molar-refractivity contribution in [1.29, 1.82) is 0 Å². The fourth-order valence-electron chi connectivity index (χ4n) is 1.37. The van der Waals surface area contributed by atoms with Crippen molar-refractivity contribution >= 4 is 12.4 Å². The molecule has 1 rings (SSSR count). The zero-order valence-electron chi connectivity index (χ0n) is 7.42. The van der Waals surface area contributed by atoms with Crippen LogP contribution in [0.25, 0.3) is 0 Å². The second-order valence-electron chi connectivity index (χ2n) is 3.02. The van der Waals surface area contributed by atoms with Crippen LogP contribution in [0.2, 0.25) is 0 Å². The molecule has 0 aromatic heterocycles. The van der Waals surface area contributed by atoms with Crippen LogP contribution in [-0.4, -0.2) is 26.3 Å². The van der Waals surface area contributed by atoms with E-state index in [2.05, 4.69) is 11.9 Å². The molecule has 0 spiro atoms. The van der Waals surface area contributed by atoms with E-state index in [9.17, 15) is 0 Å². The van der Waals surface area contributed by atoms with Gasteiger partial charge in [-0.1, -0.05) is 6.08 Å². The summed E-state index contributed by atoms with van der Waals surface area (Å²) in [6.07, 6.45) is 4.33. The lowest BCUT2D eigenvalue weighted by molar-refractivity contribution is 0.109. The van der Waals surface area contributed by atoms with Gasteiger partial charge in [0.2, 0.25) is 0 Å². The Morgan fingerprint density at radius 2 is 2.08 bits per heavy atom. The summed E-state index contributed by atoms with van der Waals surface area (Å²) in [4.78, 5) is 0. The first-order chi connectivity index (χ1) is 5.43. The van der Waals surface area contributed by atoms with Crippen molar-refractivity contribution in [3.63, 3.8) is 0 Å². The standard InChI is InChI=1S/C9H17NO.ClH/c1-2-7-11-8-9-3-5-10-6-4-9;/h2,9-10H,1,3-8H2;1H. The molecule has 1 heterocycles. The van der Waals surface area contributed by atoms with E-state index in [1.807, 2.05) is 0 Å². The molecular formula is C9H18ClNO. The molecule has 0 atom stereocenters. The largest absolute Gasteiger partial charge is 0.377 e. The first kappa shape index (κ1) is 11.9. The molecule has 12 heavy (non-hydrogen) atoms. The average molecular weight is 192 g/mol. The predicted molar refractivity (Wildman–Crippen MR) is 53.9 cm³/mol. The SMILES string of the molecule is C=CCOCC1CCNCC1.Cl. The molecule has 1 aliphatic heterocycles. The predicted octanol–water partition coefficient (Wildman–Crippen LogP) is 1.61. The van der Waals surface area contributed by atoms with Gasteiger partial charge in [0.25, 0.3) is 0 Å². The third-order valence-electron chi connectivity index (χ3n) is 2.05. The second-order valence-corrected chi connectivity index (χ2v) is 3.02. The van der Waals surface area contributed by atoms with Crippen molar-refractivity contribution in [1.82, 2.24) is 5.32 Å².